The minimum Gasteiger partial charge on any atom is -0.493 e. The van der Waals surface area contributed by atoms with E-state index in [0.29, 0.717) is 17.7 Å². The number of fused-ring (bicyclic) bond motifs is 1. The molecule has 0 spiro atoms. The van der Waals surface area contributed by atoms with Gasteiger partial charge in [-0.05, 0) is 47.0 Å². The number of rotatable bonds is 2. The summed E-state index contributed by atoms with van der Waals surface area (Å²) in [5.41, 5.74) is 2.23. The average molecular weight is 279 g/mol. The Morgan fingerprint density at radius 1 is 1.16 bits per heavy atom. The van der Waals surface area contributed by atoms with Crippen molar-refractivity contribution in [1.29, 1.82) is 0 Å². The highest BCUT2D eigenvalue weighted by Gasteiger charge is 2.17. The molecule has 1 atom stereocenters. The number of hydrogen-bond acceptors (Lipinski definition) is 2. The van der Waals surface area contributed by atoms with Crippen LogP contribution >= 0.6 is 11.6 Å². The minimum atomic E-state index is -0.890. The van der Waals surface area contributed by atoms with Crippen LogP contribution in [0.5, 0.6) is 5.75 Å². The summed E-state index contributed by atoms with van der Waals surface area (Å²) in [4.78, 5) is 0. The van der Waals surface area contributed by atoms with Gasteiger partial charge in [0, 0.05) is 11.4 Å². The van der Waals surface area contributed by atoms with Crippen molar-refractivity contribution >= 4 is 11.6 Å². The van der Waals surface area contributed by atoms with E-state index >= 15 is 0 Å². The molecule has 4 heteroatoms. The fourth-order valence-electron chi connectivity index (χ4n) is 2.30. The van der Waals surface area contributed by atoms with Gasteiger partial charge in [0.2, 0.25) is 0 Å². The lowest BCUT2D eigenvalue weighted by atomic mass is 9.99. The molecular formula is C15H12ClFO2. The maximum absolute atomic E-state index is 13.3. The smallest absolute Gasteiger partial charge is 0.125 e. The maximum Gasteiger partial charge on any atom is 0.125 e. The summed E-state index contributed by atoms with van der Waals surface area (Å²) in [6.45, 7) is 0.667. The largest absolute Gasteiger partial charge is 0.493 e. The molecule has 2 aromatic carbocycles. The van der Waals surface area contributed by atoms with Crippen LogP contribution in [0.1, 0.15) is 22.8 Å². The normalized spacial score (nSPS) is 14.9. The molecule has 1 aliphatic heterocycles. The third-order valence-electron chi connectivity index (χ3n) is 3.23. The van der Waals surface area contributed by atoms with Crippen LogP contribution in [0.4, 0.5) is 4.39 Å². The first-order chi connectivity index (χ1) is 9.13. The molecule has 2 nitrogen and oxygen atoms in total. The van der Waals surface area contributed by atoms with E-state index < -0.39 is 11.9 Å². The lowest BCUT2D eigenvalue weighted by Gasteiger charge is -2.13. The number of ether oxygens (including phenoxy) is 1. The van der Waals surface area contributed by atoms with E-state index in [9.17, 15) is 9.50 Å². The fraction of sp³-hybridized carbons (Fsp3) is 0.200. The third-order valence-corrected chi connectivity index (χ3v) is 3.45. The second kappa shape index (κ2) is 4.83. The summed E-state index contributed by atoms with van der Waals surface area (Å²) < 4.78 is 18.7. The Hall–Kier alpha value is -1.58. The van der Waals surface area contributed by atoms with E-state index in [1.54, 1.807) is 12.1 Å². The molecular weight excluding hydrogens is 267 g/mol. The standard InChI is InChI=1S/C15H12ClFO2/c16-12-6-11(7-13(17)8-12)15(18)10-1-2-14-9(5-10)3-4-19-14/h1-2,5-8,15,18H,3-4H2. The van der Waals surface area contributed by atoms with Gasteiger partial charge in [0.15, 0.2) is 0 Å². The van der Waals surface area contributed by atoms with Crippen molar-refractivity contribution in [3.8, 4) is 5.75 Å². The Morgan fingerprint density at radius 2 is 2.00 bits per heavy atom. The van der Waals surface area contributed by atoms with Gasteiger partial charge in [-0.15, -0.1) is 0 Å². The van der Waals surface area contributed by atoms with Gasteiger partial charge >= 0.3 is 0 Å². The highest BCUT2D eigenvalue weighted by atomic mass is 35.5. The fourth-order valence-corrected chi connectivity index (χ4v) is 2.53. The predicted molar refractivity (Wildman–Crippen MR) is 71.1 cm³/mol. The molecule has 19 heavy (non-hydrogen) atoms. The SMILES string of the molecule is OC(c1cc(F)cc(Cl)c1)c1ccc2c(c1)CCO2. The first-order valence-electron chi connectivity index (χ1n) is 6.03. The van der Waals surface area contributed by atoms with Crippen LogP contribution in [-0.4, -0.2) is 11.7 Å². The second-order valence-electron chi connectivity index (χ2n) is 4.57. The van der Waals surface area contributed by atoms with Crippen LogP contribution < -0.4 is 4.74 Å². The number of hydrogen-bond donors (Lipinski definition) is 1. The quantitative estimate of drug-likeness (QED) is 0.911. The minimum absolute atomic E-state index is 0.276. The highest BCUT2D eigenvalue weighted by molar-refractivity contribution is 6.30. The zero-order chi connectivity index (χ0) is 13.4. The lowest BCUT2D eigenvalue weighted by Crippen LogP contribution is -2.01. The zero-order valence-corrected chi connectivity index (χ0v) is 10.8. The summed E-state index contributed by atoms with van der Waals surface area (Å²) in [6, 6.07) is 9.59. The van der Waals surface area contributed by atoms with E-state index in [1.807, 2.05) is 12.1 Å². The molecule has 0 bridgehead atoms. The Kier molecular flexibility index (Phi) is 3.17. The van der Waals surface area contributed by atoms with Crippen LogP contribution in [0, 0.1) is 5.82 Å². The van der Waals surface area contributed by atoms with Crippen LogP contribution in [0.15, 0.2) is 36.4 Å². The number of aliphatic hydroxyl groups excluding tert-OH is 1. The summed E-state index contributed by atoms with van der Waals surface area (Å²) in [7, 11) is 0. The summed E-state index contributed by atoms with van der Waals surface area (Å²) in [5.74, 6) is 0.402. The monoisotopic (exact) mass is 278 g/mol. The van der Waals surface area contributed by atoms with Crippen LogP contribution in [0.25, 0.3) is 0 Å². The van der Waals surface area contributed by atoms with E-state index in [4.69, 9.17) is 16.3 Å². The molecule has 0 saturated carbocycles. The van der Waals surface area contributed by atoms with E-state index in [-0.39, 0.29) is 5.02 Å². The van der Waals surface area contributed by atoms with Crippen molar-refractivity contribution in [3.05, 3.63) is 63.9 Å². The van der Waals surface area contributed by atoms with E-state index in [0.717, 1.165) is 17.7 Å². The molecule has 0 aromatic heterocycles. The van der Waals surface area contributed by atoms with E-state index in [1.165, 1.54) is 12.1 Å². The Labute approximate surface area is 115 Å². The second-order valence-corrected chi connectivity index (χ2v) is 5.01. The van der Waals surface area contributed by atoms with Crippen molar-refractivity contribution in [3.63, 3.8) is 0 Å². The molecule has 98 valence electrons. The van der Waals surface area contributed by atoms with Gasteiger partial charge in [-0.2, -0.15) is 0 Å². The first-order valence-corrected chi connectivity index (χ1v) is 6.41. The lowest BCUT2D eigenvalue weighted by molar-refractivity contribution is 0.219. The molecule has 1 unspecified atom stereocenters. The van der Waals surface area contributed by atoms with Crippen LogP contribution in [0.3, 0.4) is 0 Å². The Morgan fingerprint density at radius 3 is 2.79 bits per heavy atom. The van der Waals surface area contributed by atoms with Crippen molar-refractivity contribution in [2.75, 3.05) is 6.61 Å². The molecule has 1 N–H and O–H groups in total. The van der Waals surface area contributed by atoms with Crippen LogP contribution in [0.2, 0.25) is 5.02 Å². The Bertz CT molecular complexity index is 607. The number of benzene rings is 2. The highest BCUT2D eigenvalue weighted by Crippen LogP contribution is 2.31. The van der Waals surface area contributed by atoms with Gasteiger partial charge in [0.1, 0.15) is 17.7 Å². The van der Waals surface area contributed by atoms with Gasteiger partial charge in [0.25, 0.3) is 0 Å². The van der Waals surface area contributed by atoms with Gasteiger partial charge < -0.3 is 9.84 Å². The topological polar surface area (TPSA) is 29.5 Å². The van der Waals surface area contributed by atoms with E-state index in [2.05, 4.69) is 0 Å². The van der Waals surface area contributed by atoms with Gasteiger partial charge in [-0.25, -0.2) is 4.39 Å². The first kappa shape index (κ1) is 12.5. The van der Waals surface area contributed by atoms with Gasteiger partial charge in [-0.1, -0.05) is 17.7 Å². The molecule has 0 fully saturated rings. The predicted octanol–water partition coefficient (Wildman–Crippen LogP) is 3.50. The zero-order valence-electron chi connectivity index (χ0n) is 10.1. The van der Waals surface area contributed by atoms with Gasteiger partial charge in [-0.3, -0.25) is 0 Å². The molecule has 0 saturated heterocycles. The summed E-state index contributed by atoms with van der Waals surface area (Å²) in [5, 5.41) is 10.6. The molecule has 0 radical (unpaired) electrons. The van der Waals surface area contributed by atoms with Crippen molar-refractivity contribution in [2.24, 2.45) is 0 Å². The third kappa shape index (κ3) is 2.44. The maximum atomic E-state index is 13.3. The van der Waals surface area contributed by atoms with Crippen LogP contribution in [-0.2, 0) is 6.42 Å². The van der Waals surface area contributed by atoms with Gasteiger partial charge in [0.05, 0.1) is 6.61 Å². The molecule has 1 heterocycles. The molecule has 1 aliphatic rings. The van der Waals surface area contributed by atoms with Crippen molar-refractivity contribution < 1.29 is 14.2 Å². The molecule has 2 aromatic rings. The number of halogens is 2. The Balaban J connectivity index is 1.97. The average Bonchev–Trinajstić information content (AvgIpc) is 2.83. The molecule has 0 aliphatic carbocycles. The number of aliphatic hydroxyl groups is 1. The molecule has 3 rings (SSSR count). The molecule has 0 amide bonds. The van der Waals surface area contributed by atoms with Crippen molar-refractivity contribution in [1.82, 2.24) is 0 Å². The summed E-state index contributed by atoms with van der Waals surface area (Å²) >= 11 is 5.80. The van der Waals surface area contributed by atoms with Crippen molar-refractivity contribution in [2.45, 2.75) is 12.5 Å². The summed E-state index contributed by atoms with van der Waals surface area (Å²) in [6.07, 6.45) is -0.0566.